The summed E-state index contributed by atoms with van der Waals surface area (Å²) < 4.78 is 0. The van der Waals surface area contributed by atoms with Crippen molar-refractivity contribution < 1.29 is 10.2 Å². The Morgan fingerprint density at radius 3 is 2.24 bits per heavy atom. The van der Waals surface area contributed by atoms with Crippen molar-refractivity contribution >= 4 is 0 Å². The molecule has 0 bridgehead atoms. The second-order valence-electron chi connectivity index (χ2n) is 6.13. The molecule has 3 nitrogen and oxygen atoms in total. The molecule has 0 amide bonds. The standard InChI is InChI=1S/C14H29NO2/c1-12(2)15(8-9-16)10-14(11-17)6-4-13(3)5-7-14/h12-13,16-17H,4-11H2,1-3H3. The van der Waals surface area contributed by atoms with Gasteiger partial charge in [-0.3, -0.25) is 4.90 Å². The Morgan fingerprint density at radius 2 is 1.82 bits per heavy atom. The molecule has 0 aromatic rings. The highest BCUT2D eigenvalue weighted by Gasteiger charge is 2.35. The van der Waals surface area contributed by atoms with Crippen molar-refractivity contribution in [2.24, 2.45) is 11.3 Å². The zero-order chi connectivity index (χ0) is 12.9. The van der Waals surface area contributed by atoms with Gasteiger partial charge in [-0.15, -0.1) is 0 Å². The SMILES string of the molecule is CC1CCC(CO)(CN(CCO)C(C)C)CC1. The minimum Gasteiger partial charge on any atom is -0.396 e. The summed E-state index contributed by atoms with van der Waals surface area (Å²) in [5.41, 5.74) is 0.0753. The zero-order valence-corrected chi connectivity index (χ0v) is 11.7. The van der Waals surface area contributed by atoms with E-state index < -0.39 is 0 Å². The third-order valence-electron chi connectivity index (χ3n) is 4.33. The summed E-state index contributed by atoms with van der Waals surface area (Å²) in [6.45, 7) is 8.75. The third-order valence-corrected chi connectivity index (χ3v) is 4.33. The number of aliphatic hydroxyl groups is 2. The van der Waals surface area contributed by atoms with E-state index in [1.54, 1.807) is 0 Å². The molecule has 1 aliphatic rings. The van der Waals surface area contributed by atoms with Gasteiger partial charge in [0.1, 0.15) is 0 Å². The van der Waals surface area contributed by atoms with Crippen molar-refractivity contribution in [3.63, 3.8) is 0 Å². The van der Waals surface area contributed by atoms with E-state index in [1.165, 1.54) is 12.8 Å². The lowest BCUT2D eigenvalue weighted by molar-refractivity contribution is 0.0148. The number of nitrogens with zero attached hydrogens (tertiary/aromatic N) is 1. The summed E-state index contributed by atoms with van der Waals surface area (Å²) in [5.74, 6) is 0.806. The highest BCUT2D eigenvalue weighted by atomic mass is 16.3. The monoisotopic (exact) mass is 243 g/mol. The maximum Gasteiger partial charge on any atom is 0.0558 e. The number of rotatable bonds is 6. The van der Waals surface area contributed by atoms with Crippen LogP contribution in [-0.2, 0) is 0 Å². The average molecular weight is 243 g/mol. The molecule has 102 valence electrons. The summed E-state index contributed by atoms with van der Waals surface area (Å²) in [4.78, 5) is 2.30. The molecule has 0 heterocycles. The topological polar surface area (TPSA) is 43.7 Å². The number of hydrogen-bond acceptors (Lipinski definition) is 3. The lowest BCUT2D eigenvalue weighted by Crippen LogP contribution is -2.46. The van der Waals surface area contributed by atoms with Gasteiger partial charge in [-0.2, -0.15) is 0 Å². The first-order valence-corrected chi connectivity index (χ1v) is 6.99. The minimum atomic E-state index is 0.0753. The Kier molecular flexibility index (Phi) is 5.90. The van der Waals surface area contributed by atoms with Crippen LogP contribution in [0.3, 0.4) is 0 Å². The van der Waals surface area contributed by atoms with Gasteiger partial charge in [0.25, 0.3) is 0 Å². The molecule has 0 aromatic carbocycles. The van der Waals surface area contributed by atoms with Gasteiger partial charge in [0.15, 0.2) is 0 Å². The Morgan fingerprint density at radius 1 is 1.24 bits per heavy atom. The molecule has 1 fully saturated rings. The quantitative estimate of drug-likeness (QED) is 0.748. The maximum atomic E-state index is 9.74. The molecule has 0 atom stereocenters. The van der Waals surface area contributed by atoms with E-state index in [0.717, 1.165) is 31.8 Å². The molecular weight excluding hydrogens is 214 g/mol. The first kappa shape index (κ1) is 14.9. The third kappa shape index (κ3) is 4.23. The fourth-order valence-electron chi connectivity index (χ4n) is 2.82. The fraction of sp³-hybridized carbons (Fsp3) is 1.00. The van der Waals surface area contributed by atoms with Crippen molar-refractivity contribution in [1.29, 1.82) is 0 Å². The maximum absolute atomic E-state index is 9.74. The highest BCUT2D eigenvalue weighted by Crippen LogP contribution is 2.39. The lowest BCUT2D eigenvalue weighted by Gasteiger charge is -2.42. The van der Waals surface area contributed by atoms with Crippen LogP contribution in [-0.4, -0.2) is 47.5 Å². The van der Waals surface area contributed by atoms with E-state index in [4.69, 9.17) is 5.11 Å². The first-order valence-electron chi connectivity index (χ1n) is 6.99. The normalized spacial score (nSPS) is 30.2. The summed E-state index contributed by atoms with van der Waals surface area (Å²) in [6, 6.07) is 0.435. The van der Waals surface area contributed by atoms with Gasteiger partial charge >= 0.3 is 0 Å². The fourth-order valence-corrected chi connectivity index (χ4v) is 2.82. The van der Waals surface area contributed by atoms with E-state index in [2.05, 4.69) is 25.7 Å². The zero-order valence-electron chi connectivity index (χ0n) is 11.7. The highest BCUT2D eigenvalue weighted by molar-refractivity contribution is 4.87. The Hall–Kier alpha value is -0.120. The lowest BCUT2D eigenvalue weighted by atomic mass is 9.71. The number of hydrogen-bond donors (Lipinski definition) is 2. The minimum absolute atomic E-state index is 0.0753. The molecule has 0 radical (unpaired) electrons. The molecule has 0 aliphatic heterocycles. The molecule has 2 N–H and O–H groups in total. The first-order chi connectivity index (χ1) is 8.03. The van der Waals surface area contributed by atoms with Crippen molar-refractivity contribution in [2.45, 2.75) is 52.5 Å². The van der Waals surface area contributed by atoms with Crippen LogP contribution in [0.5, 0.6) is 0 Å². The molecular formula is C14H29NO2. The second kappa shape index (κ2) is 6.72. The summed E-state index contributed by atoms with van der Waals surface area (Å²) in [7, 11) is 0. The summed E-state index contributed by atoms with van der Waals surface area (Å²) >= 11 is 0. The molecule has 3 heteroatoms. The smallest absolute Gasteiger partial charge is 0.0558 e. The van der Waals surface area contributed by atoms with Crippen LogP contribution in [0.25, 0.3) is 0 Å². The van der Waals surface area contributed by atoms with Crippen LogP contribution in [0.4, 0.5) is 0 Å². The van der Waals surface area contributed by atoms with E-state index >= 15 is 0 Å². The average Bonchev–Trinajstić information content (AvgIpc) is 2.31. The molecule has 0 aromatic heterocycles. The van der Waals surface area contributed by atoms with Crippen molar-refractivity contribution in [1.82, 2.24) is 4.90 Å². The van der Waals surface area contributed by atoms with Crippen LogP contribution in [0.15, 0.2) is 0 Å². The predicted molar refractivity (Wildman–Crippen MR) is 70.9 cm³/mol. The van der Waals surface area contributed by atoms with Gasteiger partial charge < -0.3 is 10.2 Å². The predicted octanol–water partition coefficient (Wildman–Crippen LogP) is 1.88. The van der Waals surface area contributed by atoms with Crippen LogP contribution < -0.4 is 0 Å². The van der Waals surface area contributed by atoms with E-state index in [9.17, 15) is 5.11 Å². The second-order valence-corrected chi connectivity index (χ2v) is 6.13. The van der Waals surface area contributed by atoms with Crippen molar-refractivity contribution in [3.05, 3.63) is 0 Å². The van der Waals surface area contributed by atoms with Crippen LogP contribution in [0.2, 0.25) is 0 Å². The molecule has 1 rings (SSSR count). The molecule has 1 aliphatic carbocycles. The van der Waals surface area contributed by atoms with Gasteiger partial charge in [-0.25, -0.2) is 0 Å². The largest absolute Gasteiger partial charge is 0.396 e. The van der Waals surface area contributed by atoms with Crippen LogP contribution >= 0.6 is 0 Å². The van der Waals surface area contributed by atoms with Gasteiger partial charge in [0.05, 0.1) is 6.61 Å². The van der Waals surface area contributed by atoms with Gasteiger partial charge in [-0.05, 0) is 32.6 Å². The Bertz CT molecular complexity index is 210. The summed E-state index contributed by atoms with van der Waals surface area (Å²) in [5, 5.41) is 18.8. The molecule has 17 heavy (non-hydrogen) atoms. The Balaban J connectivity index is 2.60. The van der Waals surface area contributed by atoms with Crippen LogP contribution in [0.1, 0.15) is 46.5 Å². The van der Waals surface area contributed by atoms with Crippen molar-refractivity contribution in [3.8, 4) is 0 Å². The van der Waals surface area contributed by atoms with E-state index in [0.29, 0.717) is 6.04 Å². The van der Waals surface area contributed by atoms with Gasteiger partial charge in [-0.1, -0.05) is 19.8 Å². The van der Waals surface area contributed by atoms with E-state index in [1.807, 2.05) is 0 Å². The molecule has 0 unspecified atom stereocenters. The molecule has 1 saturated carbocycles. The van der Waals surface area contributed by atoms with Crippen molar-refractivity contribution in [2.75, 3.05) is 26.3 Å². The number of aliphatic hydroxyl groups excluding tert-OH is 2. The molecule has 0 saturated heterocycles. The van der Waals surface area contributed by atoms with Gasteiger partial charge in [0, 0.05) is 31.2 Å². The van der Waals surface area contributed by atoms with E-state index in [-0.39, 0.29) is 18.6 Å². The molecule has 0 spiro atoms. The van der Waals surface area contributed by atoms with Crippen LogP contribution in [0, 0.1) is 11.3 Å². The Labute approximate surface area is 106 Å². The summed E-state index contributed by atoms with van der Waals surface area (Å²) in [6.07, 6.45) is 4.70. The van der Waals surface area contributed by atoms with Gasteiger partial charge in [0.2, 0.25) is 0 Å².